The Morgan fingerprint density at radius 3 is 2.90 bits per heavy atom. The van der Waals surface area contributed by atoms with Crippen molar-refractivity contribution in [1.82, 2.24) is 5.06 Å². The van der Waals surface area contributed by atoms with Crippen molar-refractivity contribution >= 4 is 5.97 Å². The Bertz CT molecular complexity index is 463. The molecule has 0 amide bonds. The summed E-state index contributed by atoms with van der Waals surface area (Å²) >= 11 is 0. The second kappa shape index (κ2) is 7.93. The maximum atomic E-state index is 11.9. The van der Waals surface area contributed by atoms with Gasteiger partial charge < -0.3 is 9.47 Å². The van der Waals surface area contributed by atoms with Crippen molar-refractivity contribution in [2.75, 3.05) is 20.3 Å². The van der Waals surface area contributed by atoms with Crippen molar-refractivity contribution in [3.8, 4) is 0 Å². The van der Waals surface area contributed by atoms with Gasteiger partial charge in [-0.15, -0.1) is 6.58 Å². The van der Waals surface area contributed by atoms with Crippen LogP contribution in [0.4, 0.5) is 0 Å². The molecule has 1 saturated heterocycles. The third-order valence-corrected chi connectivity index (χ3v) is 3.31. The van der Waals surface area contributed by atoms with Crippen LogP contribution in [0.5, 0.6) is 0 Å². The van der Waals surface area contributed by atoms with Crippen LogP contribution in [-0.2, 0) is 25.7 Å². The number of esters is 1. The molecular weight excluding hydrogens is 270 g/mol. The predicted octanol–water partition coefficient (Wildman–Crippen LogP) is 1.94. The molecule has 2 atom stereocenters. The maximum Gasteiger partial charge on any atom is 0.325 e. The van der Waals surface area contributed by atoms with Gasteiger partial charge in [-0.1, -0.05) is 36.4 Å². The van der Waals surface area contributed by atoms with E-state index in [1.807, 2.05) is 30.3 Å². The summed E-state index contributed by atoms with van der Waals surface area (Å²) in [4.78, 5) is 17.7. The zero-order chi connectivity index (χ0) is 15.1. The Morgan fingerprint density at radius 2 is 2.24 bits per heavy atom. The highest BCUT2D eigenvalue weighted by Crippen LogP contribution is 2.24. The van der Waals surface area contributed by atoms with Crippen LogP contribution in [0.3, 0.4) is 0 Å². The largest absolute Gasteiger partial charge is 0.468 e. The minimum atomic E-state index is -0.396. The Hall–Kier alpha value is -1.69. The third-order valence-electron chi connectivity index (χ3n) is 3.31. The van der Waals surface area contributed by atoms with E-state index in [9.17, 15) is 4.79 Å². The fourth-order valence-electron chi connectivity index (χ4n) is 2.32. The molecule has 0 unspecified atom stereocenters. The molecule has 1 aromatic rings. The van der Waals surface area contributed by atoms with E-state index in [0.29, 0.717) is 26.2 Å². The van der Waals surface area contributed by atoms with Crippen LogP contribution in [0.1, 0.15) is 12.0 Å². The number of carbonyl (C=O) groups excluding carboxylic acids is 1. The van der Waals surface area contributed by atoms with Gasteiger partial charge in [0.2, 0.25) is 0 Å². The number of rotatable bonds is 7. The van der Waals surface area contributed by atoms with Gasteiger partial charge in [0, 0.05) is 6.42 Å². The lowest BCUT2D eigenvalue weighted by atomic mass is 10.1. The molecule has 0 aliphatic carbocycles. The van der Waals surface area contributed by atoms with Crippen LogP contribution in [0.15, 0.2) is 43.0 Å². The van der Waals surface area contributed by atoms with E-state index >= 15 is 0 Å². The predicted molar refractivity (Wildman–Crippen MR) is 78.3 cm³/mol. The van der Waals surface area contributed by atoms with E-state index < -0.39 is 6.04 Å². The second-order valence-electron chi connectivity index (χ2n) is 4.89. The minimum absolute atomic E-state index is 0.141. The summed E-state index contributed by atoms with van der Waals surface area (Å²) in [5.74, 6) is -0.280. The topological polar surface area (TPSA) is 48.0 Å². The number of hydrogen-bond acceptors (Lipinski definition) is 5. The van der Waals surface area contributed by atoms with E-state index in [1.54, 1.807) is 11.1 Å². The first-order valence-electron chi connectivity index (χ1n) is 6.98. The van der Waals surface area contributed by atoms with Crippen molar-refractivity contribution in [2.45, 2.75) is 25.1 Å². The quantitative estimate of drug-likeness (QED) is 0.436. The number of methoxy groups -OCH3 is 1. The number of hydroxylamine groups is 2. The fraction of sp³-hybridized carbons (Fsp3) is 0.438. The summed E-state index contributed by atoms with van der Waals surface area (Å²) in [6, 6.07) is 9.48. The molecule has 114 valence electrons. The van der Waals surface area contributed by atoms with Gasteiger partial charge in [0.1, 0.15) is 12.1 Å². The Balaban J connectivity index is 1.98. The monoisotopic (exact) mass is 291 g/mol. The molecule has 2 rings (SSSR count). The lowest BCUT2D eigenvalue weighted by Crippen LogP contribution is -2.35. The van der Waals surface area contributed by atoms with Gasteiger partial charge in [0.25, 0.3) is 0 Å². The van der Waals surface area contributed by atoms with E-state index in [0.717, 1.165) is 5.56 Å². The molecule has 1 aliphatic rings. The SMILES string of the molecule is C=CCOC[C@H]1C[C@@H](C(=O)OC)N(Cc2ccccc2)O1. The Morgan fingerprint density at radius 1 is 1.48 bits per heavy atom. The number of nitrogens with zero attached hydrogens (tertiary/aromatic N) is 1. The number of benzene rings is 1. The number of ether oxygens (including phenoxy) is 2. The molecule has 1 fully saturated rings. The molecule has 0 N–H and O–H groups in total. The van der Waals surface area contributed by atoms with Gasteiger partial charge in [0.05, 0.1) is 26.9 Å². The van der Waals surface area contributed by atoms with Crippen LogP contribution in [0.25, 0.3) is 0 Å². The highest BCUT2D eigenvalue weighted by Gasteiger charge is 2.39. The molecule has 1 aromatic carbocycles. The van der Waals surface area contributed by atoms with Crippen molar-refractivity contribution < 1.29 is 19.1 Å². The lowest BCUT2D eigenvalue weighted by Gasteiger charge is -2.20. The van der Waals surface area contributed by atoms with Gasteiger partial charge in [-0.3, -0.25) is 9.63 Å². The number of hydrogen-bond donors (Lipinski definition) is 0. The fourth-order valence-corrected chi connectivity index (χ4v) is 2.32. The van der Waals surface area contributed by atoms with Crippen LogP contribution in [0.2, 0.25) is 0 Å². The standard InChI is InChI=1S/C16H21NO4/c1-3-9-20-12-14-10-15(16(18)19-2)17(21-14)11-13-7-5-4-6-8-13/h3-8,14-15H,1,9-12H2,2H3/t14-,15+/m1/s1. The third kappa shape index (κ3) is 4.39. The summed E-state index contributed by atoms with van der Waals surface area (Å²) in [5, 5.41) is 1.68. The van der Waals surface area contributed by atoms with Crippen molar-refractivity contribution in [1.29, 1.82) is 0 Å². The molecule has 0 bridgehead atoms. The van der Waals surface area contributed by atoms with Gasteiger partial charge in [-0.25, -0.2) is 0 Å². The van der Waals surface area contributed by atoms with Crippen molar-refractivity contribution in [2.24, 2.45) is 0 Å². The molecule has 0 spiro atoms. The van der Waals surface area contributed by atoms with Gasteiger partial charge in [-0.05, 0) is 5.56 Å². The summed E-state index contributed by atoms with van der Waals surface area (Å²) in [7, 11) is 1.39. The smallest absolute Gasteiger partial charge is 0.325 e. The summed E-state index contributed by atoms with van der Waals surface area (Å²) in [5.41, 5.74) is 1.08. The first-order chi connectivity index (χ1) is 10.2. The lowest BCUT2D eigenvalue weighted by molar-refractivity contribution is -0.191. The maximum absolute atomic E-state index is 11.9. The van der Waals surface area contributed by atoms with Crippen LogP contribution in [0, 0.1) is 0 Å². The molecule has 0 aromatic heterocycles. The molecule has 1 heterocycles. The van der Waals surface area contributed by atoms with Crippen molar-refractivity contribution in [3.63, 3.8) is 0 Å². The zero-order valence-corrected chi connectivity index (χ0v) is 12.2. The van der Waals surface area contributed by atoms with Gasteiger partial charge in [0.15, 0.2) is 0 Å². The van der Waals surface area contributed by atoms with Gasteiger partial charge >= 0.3 is 5.97 Å². The highest BCUT2D eigenvalue weighted by molar-refractivity contribution is 5.75. The second-order valence-corrected chi connectivity index (χ2v) is 4.89. The molecular formula is C16H21NO4. The highest BCUT2D eigenvalue weighted by atomic mass is 16.7. The average Bonchev–Trinajstić information content (AvgIpc) is 2.90. The first-order valence-corrected chi connectivity index (χ1v) is 6.98. The Kier molecular flexibility index (Phi) is 5.92. The number of carbonyl (C=O) groups is 1. The van der Waals surface area contributed by atoms with E-state index in [4.69, 9.17) is 14.3 Å². The normalized spacial score (nSPS) is 22.1. The molecule has 0 radical (unpaired) electrons. The van der Waals surface area contributed by atoms with E-state index in [2.05, 4.69) is 6.58 Å². The molecule has 1 aliphatic heterocycles. The average molecular weight is 291 g/mol. The van der Waals surface area contributed by atoms with Crippen LogP contribution >= 0.6 is 0 Å². The van der Waals surface area contributed by atoms with Gasteiger partial charge in [-0.2, -0.15) is 5.06 Å². The summed E-state index contributed by atoms with van der Waals surface area (Å²) in [6.07, 6.45) is 2.11. The van der Waals surface area contributed by atoms with Crippen LogP contribution in [-0.4, -0.2) is 43.5 Å². The molecule has 5 nitrogen and oxygen atoms in total. The van der Waals surface area contributed by atoms with E-state index in [-0.39, 0.29) is 12.1 Å². The summed E-state index contributed by atoms with van der Waals surface area (Å²) in [6.45, 7) is 5.05. The van der Waals surface area contributed by atoms with E-state index in [1.165, 1.54) is 7.11 Å². The summed E-state index contributed by atoms with van der Waals surface area (Å²) < 4.78 is 10.3. The first kappa shape index (κ1) is 15.7. The van der Waals surface area contributed by atoms with Crippen molar-refractivity contribution in [3.05, 3.63) is 48.6 Å². The molecule has 5 heteroatoms. The Labute approximate surface area is 125 Å². The minimum Gasteiger partial charge on any atom is -0.468 e. The zero-order valence-electron chi connectivity index (χ0n) is 12.2. The molecule has 21 heavy (non-hydrogen) atoms. The van der Waals surface area contributed by atoms with Crippen LogP contribution < -0.4 is 0 Å². The molecule has 0 saturated carbocycles.